The molecule has 0 fully saturated rings. The summed E-state index contributed by atoms with van der Waals surface area (Å²) in [4.78, 5) is 11.4. The fourth-order valence-electron chi connectivity index (χ4n) is 2.06. The zero-order valence-corrected chi connectivity index (χ0v) is 13.6. The van der Waals surface area contributed by atoms with Crippen LogP contribution in [0.2, 0.25) is 0 Å². The third-order valence-electron chi connectivity index (χ3n) is 3.41. The number of rotatable bonds is 6. The van der Waals surface area contributed by atoms with E-state index in [0.717, 1.165) is 16.9 Å². The summed E-state index contributed by atoms with van der Waals surface area (Å²) >= 11 is 0. The number of nitrogens with zero attached hydrogens (tertiary/aromatic N) is 4. The molecular formula is C18H16N4O3. The number of carbonyl (C=O) groups excluding carboxylic acids is 1. The van der Waals surface area contributed by atoms with Crippen molar-refractivity contribution in [3.05, 3.63) is 77.9 Å². The Hall–Kier alpha value is -3.48. The maximum absolute atomic E-state index is 11.4. The molecule has 1 heterocycles. The SMILES string of the molecule is COC(=O)c1ccc(COc2ccc(/C=N\n3cnnc3)cc2)cc1. The van der Waals surface area contributed by atoms with Gasteiger partial charge in [0.05, 0.1) is 18.9 Å². The van der Waals surface area contributed by atoms with Gasteiger partial charge >= 0.3 is 5.97 Å². The normalized spacial score (nSPS) is 10.8. The van der Waals surface area contributed by atoms with E-state index < -0.39 is 0 Å². The zero-order chi connectivity index (χ0) is 17.5. The van der Waals surface area contributed by atoms with Gasteiger partial charge in [-0.2, -0.15) is 5.10 Å². The van der Waals surface area contributed by atoms with E-state index in [4.69, 9.17) is 4.74 Å². The van der Waals surface area contributed by atoms with Gasteiger partial charge in [0.15, 0.2) is 0 Å². The topological polar surface area (TPSA) is 78.6 Å². The summed E-state index contributed by atoms with van der Waals surface area (Å²) in [5, 5.41) is 11.5. The fraction of sp³-hybridized carbons (Fsp3) is 0.111. The van der Waals surface area contributed by atoms with Crippen molar-refractivity contribution >= 4 is 12.2 Å². The highest BCUT2D eigenvalue weighted by atomic mass is 16.5. The van der Waals surface area contributed by atoms with E-state index in [1.807, 2.05) is 36.4 Å². The molecule has 0 spiro atoms. The molecule has 25 heavy (non-hydrogen) atoms. The molecule has 0 N–H and O–H groups in total. The van der Waals surface area contributed by atoms with Gasteiger partial charge < -0.3 is 9.47 Å². The van der Waals surface area contributed by atoms with Gasteiger partial charge in [0.2, 0.25) is 0 Å². The van der Waals surface area contributed by atoms with Crippen LogP contribution in [0.1, 0.15) is 21.5 Å². The third kappa shape index (κ3) is 4.51. The molecule has 3 rings (SSSR count). The lowest BCUT2D eigenvalue weighted by molar-refractivity contribution is 0.0600. The van der Waals surface area contributed by atoms with Crippen molar-refractivity contribution in [1.29, 1.82) is 0 Å². The molecule has 1 aromatic heterocycles. The molecule has 0 bridgehead atoms. The van der Waals surface area contributed by atoms with Crippen LogP contribution < -0.4 is 4.74 Å². The van der Waals surface area contributed by atoms with E-state index >= 15 is 0 Å². The maximum atomic E-state index is 11.4. The molecule has 0 saturated carbocycles. The van der Waals surface area contributed by atoms with Crippen LogP contribution in [0.5, 0.6) is 5.75 Å². The second-order valence-electron chi connectivity index (χ2n) is 5.13. The maximum Gasteiger partial charge on any atom is 0.337 e. The van der Waals surface area contributed by atoms with Crippen LogP contribution in [-0.2, 0) is 11.3 Å². The molecule has 0 radical (unpaired) electrons. The van der Waals surface area contributed by atoms with E-state index in [-0.39, 0.29) is 5.97 Å². The summed E-state index contributed by atoms with van der Waals surface area (Å²) in [6.45, 7) is 0.412. The van der Waals surface area contributed by atoms with Gasteiger partial charge in [0, 0.05) is 0 Å². The molecule has 7 nitrogen and oxygen atoms in total. The van der Waals surface area contributed by atoms with Gasteiger partial charge in [-0.1, -0.05) is 12.1 Å². The minimum Gasteiger partial charge on any atom is -0.489 e. The molecule has 0 aliphatic rings. The van der Waals surface area contributed by atoms with E-state index in [1.165, 1.54) is 24.4 Å². The lowest BCUT2D eigenvalue weighted by Gasteiger charge is -2.07. The fourth-order valence-corrected chi connectivity index (χ4v) is 2.06. The number of aromatic nitrogens is 3. The van der Waals surface area contributed by atoms with Crippen LogP contribution in [0.3, 0.4) is 0 Å². The predicted octanol–water partition coefficient (Wildman–Crippen LogP) is 2.53. The van der Waals surface area contributed by atoms with Crippen molar-refractivity contribution in [3.8, 4) is 5.75 Å². The number of methoxy groups -OCH3 is 1. The van der Waals surface area contributed by atoms with Gasteiger partial charge in [0.1, 0.15) is 25.0 Å². The number of hydrogen-bond donors (Lipinski definition) is 0. The Morgan fingerprint density at radius 2 is 1.76 bits per heavy atom. The summed E-state index contributed by atoms with van der Waals surface area (Å²) in [6, 6.07) is 14.7. The zero-order valence-electron chi connectivity index (χ0n) is 13.6. The van der Waals surface area contributed by atoms with Crippen LogP contribution >= 0.6 is 0 Å². The molecular weight excluding hydrogens is 320 g/mol. The van der Waals surface area contributed by atoms with Crippen molar-refractivity contribution in [2.75, 3.05) is 7.11 Å². The molecule has 0 saturated heterocycles. The monoisotopic (exact) mass is 336 g/mol. The Morgan fingerprint density at radius 3 is 2.40 bits per heavy atom. The number of ether oxygens (including phenoxy) is 2. The summed E-state index contributed by atoms with van der Waals surface area (Å²) < 4.78 is 11.9. The predicted molar refractivity (Wildman–Crippen MR) is 91.6 cm³/mol. The number of esters is 1. The summed E-state index contributed by atoms with van der Waals surface area (Å²) in [7, 11) is 1.36. The van der Waals surface area contributed by atoms with Crippen LogP contribution in [0.4, 0.5) is 0 Å². The lowest BCUT2D eigenvalue weighted by atomic mass is 10.1. The van der Waals surface area contributed by atoms with E-state index in [0.29, 0.717) is 12.2 Å². The van der Waals surface area contributed by atoms with Crippen molar-refractivity contribution < 1.29 is 14.3 Å². The molecule has 2 aromatic carbocycles. The largest absolute Gasteiger partial charge is 0.489 e. The first-order chi connectivity index (χ1) is 12.2. The third-order valence-corrected chi connectivity index (χ3v) is 3.41. The summed E-state index contributed by atoms with van der Waals surface area (Å²) in [5.41, 5.74) is 2.41. The molecule has 0 unspecified atom stereocenters. The molecule has 0 aliphatic heterocycles. The van der Waals surface area contributed by atoms with Gasteiger partial charge in [-0.15, -0.1) is 10.2 Å². The Kier molecular flexibility index (Phi) is 5.16. The van der Waals surface area contributed by atoms with Crippen molar-refractivity contribution in [3.63, 3.8) is 0 Å². The van der Waals surface area contributed by atoms with Crippen molar-refractivity contribution in [1.82, 2.24) is 14.9 Å². The van der Waals surface area contributed by atoms with Crippen molar-refractivity contribution in [2.45, 2.75) is 6.61 Å². The van der Waals surface area contributed by atoms with Crippen molar-refractivity contribution in [2.24, 2.45) is 5.10 Å². The molecule has 7 heteroatoms. The molecule has 3 aromatic rings. The minimum atomic E-state index is -0.351. The van der Waals surface area contributed by atoms with Crippen LogP contribution in [0.15, 0.2) is 66.3 Å². The summed E-state index contributed by atoms with van der Waals surface area (Å²) in [6.07, 6.45) is 4.73. The highest BCUT2D eigenvalue weighted by Gasteiger charge is 2.04. The molecule has 126 valence electrons. The average Bonchev–Trinajstić information content (AvgIpc) is 3.19. The molecule has 0 aliphatic carbocycles. The van der Waals surface area contributed by atoms with Crippen LogP contribution in [0.25, 0.3) is 0 Å². The Morgan fingerprint density at radius 1 is 1.08 bits per heavy atom. The highest BCUT2D eigenvalue weighted by Crippen LogP contribution is 2.14. The average molecular weight is 336 g/mol. The number of hydrogen-bond acceptors (Lipinski definition) is 6. The highest BCUT2D eigenvalue weighted by molar-refractivity contribution is 5.89. The van der Waals surface area contributed by atoms with E-state index in [9.17, 15) is 4.79 Å². The summed E-state index contributed by atoms with van der Waals surface area (Å²) in [5.74, 6) is 0.398. The second-order valence-corrected chi connectivity index (χ2v) is 5.13. The quantitative estimate of drug-likeness (QED) is 0.510. The van der Waals surface area contributed by atoms with Gasteiger partial charge in [-0.05, 0) is 47.5 Å². The Labute approximate surface area is 144 Å². The number of carbonyl (C=O) groups is 1. The van der Waals surface area contributed by atoms with E-state index in [1.54, 1.807) is 18.3 Å². The first kappa shape index (κ1) is 16.4. The molecule has 0 amide bonds. The Bertz CT molecular complexity index is 841. The van der Waals surface area contributed by atoms with Crippen LogP contribution in [-0.4, -0.2) is 34.2 Å². The van der Waals surface area contributed by atoms with Gasteiger partial charge in [0.25, 0.3) is 0 Å². The van der Waals surface area contributed by atoms with Crippen LogP contribution in [0, 0.1) is 0 Å². The standard InChI is InChI=1S/C18H16N4O3/c1-24-18(23)16-6-2-15(3-7-16)11-25-17-8-4-14(5-9-17)10-21-22-12-19-20-13-22/h2-10,12-13H,11H2,1H3/b21-10-. The van der Waals surface area contributed by atoms with E-state index in [2.05, 4.69) is 20.0 Å². The first-order valence-corrected chi connectivity index (χ1v) is 7.54. The van der Waals surface area contributed by atoms with Gasteiger partial charge in [-0.3, -0.25) is 0 Å². The lowest BCUT2D eigenvalue weighted by Crippen LogP contribution is -2.02. The minimum absolute atomic E-state index is 0.351. The first-order valence-electron chi connectivity index (χ1n) is 7.54. The molecule has 0 atom stereocenters. The second kappa shape index (κ2) is 7.87. The van der Waals surface area contributed by atoms with Gasteiger partial charge in [-0.25, -0.2) is 9.47 Å². The smallest absolute Gasteiger partial charge is 0.337 e. The Balaban J connectivity index is 1.55. The number of benzene rings is 2.